The molecule has 5 nitrogen and oxygen atoms in total. The summed E-state index contributed by atoms with van der Waals surface area (Å²) in [5.74, 6) is -0.250. The van der Waals surface area contributed by atoms with E-state index in [0.29, 0.717) is 13.0 Å². The van der Waals surface area contributed by atoms with Gasteiger partial charge in [-0.3, -0.25) is 9.69 Å². The van der Waals surface area contributed by atoms with Gasteiger partial charge < -0.3 is 9.47 Å². The van der Waals surface area contributed by atoms with E-state index in [1.165, 1.54) is 7.11 Å². The fourth-order valence-electron chi connectivity index (χ4n) is 3.19. The van der Waals surface area contributed by atoms with Crippen LogP contribution in [0.2, 0.25) is 0 Å². The molecule has 1 aromatic carbocycles. The summed E-state index contributed by atoms with van der Waals surface area (Å²) in [7, 11) is 1.36. The molecule has 2 heterocycles. The second-order valence-electron chi connectivity index (χ2n) is 5.84. The smallest absolute Gasteiger partial charge is 0.410 e. The molecule has 0 N–H and O–H groups in total. The zero-order valence-corrected chi connectivity index (χ0v) is 14.4. The van der Waals surface area contributed by atoms with Crippen molar-refractivity contribution in [2.75, 3.05) is 13.7 Å². The summed E-state index contributed by atoms with van der Waals surface area (Å²) in [6, 6.07) is 9.11. The molecular weight excluding hydrogens is 362 g/mol. The molecule has 1 saturated heterocycles. The number of hydrogen-bond acceptors (Lipinski definition) is 4. The molecule has 1 amide bonds. The topological polar surface area (TPSA) is 55.8 Å². The van der Waals surface area contributed by atoms with Gasteiger partial charge in [-0.05, 0) is 17.9 Å². The van der Waals surface area contributed by atoms with E-state index >= 15 is 0 Å². The lowest BCUT2D eigenvalue weighted by Gasteiger charge is -2.48. The van der Waals surface area contributed by atoms with Crippen LogP contribution >= 0.6 is 15.9 Å². The molecule has 3 atom stereocenters. The Balaban J connectivity index is 1.71. The van der Waals surface area contributed by atoms with E-state index in [9.17, 15) is 9.59 Å². The molecule has 1 aliphatic carbocycles. The number of ether oxygens (including phenoxy) is 2. The Kier molecular flexibility index (Phi) is 4.43. The third-order valence-electron chi connectivity index (χ3n) is 4.32. The predicted molar refractivity (Wildman–Crippen MR) is 88.0 cm³/mol. The molecule has 0 spiro atoms. The fourth-order valence-corrected chi connectivity index (χ4v) is 4.17. The number of hydrogen-bond donors (Lipinski definition) is 0. The fraction of sp³-hybridized carbons (Fsp3) is 0.412. The number of benzene rings is 1. The number of amides is 1. The summed E-state index contributed by atoms with van der Waals surface area (Å²) in [6.07, 6.45) is 4.13. The first-order valence-electron chi connectivity index (χ1n) is 7.47. The highest BCUT2D eigenvalue weighted by atomic mass is 79.9. The molecule has 0 saturated carbocycles. The van der Waals surface area contributed by atoms with Crippen molar-refractivity contribution >= 4 is 28.0 Å². The number of nitrogens with zero attached hydrogens (tertiary/aromatic N) is 1. The maximum Gasteiger partial charge on any atom is 0.410 e. The summed E-state index contributed by atoms with van der Waals surface area (Å²) in [6.45, 7) is 0.768. The number of halogens is 1. The summed E-state index contributed by atoms with van der Waals surface area (Å²) < 4.78 is 9.41. The average molecular weight is 380 g/mol. The highest BCUT2D eigenvalue weighted by molar-refractivity contribution is 9.10. The van der Waals surface area contributed by atoms with E-state index in [1.807, 2.05) is 42.5 Å². The molecule has 23 heavy (non-hydrogen) atoms. The van der Waals surface area contributed by atoms with Gasteiger partial charge in [0.25, 0.3) is 0 Å². The number of methoxy groups -OCH3 is 1. The number of rotatable bonds is 3. The lowest BCUT2D eigenvalue weighted by molar-refractivity contribution is -0.146. The van der Waals surface area contributed by atoms with Gasteiger partial charge in [-0.1, -0.05) is 58.4 Å². The van der Waals surface area contributed by atoms with Gasteiger partial charge in [0.05, 0.1) is 13.2 Å². The summed E-state index contributed by atoms with van der Waals surface area (Å²) in [4.78, 5) is 26.2. The van der Waals surface area contributed by atoms with Crippen molar-refractivity contribution in [3.05, 3.63) is 48.0 Å². The maximum absolute atomic E-state index is 12.5. The first-order valence-corrected chi connectivity index (χ1v) is 8.27. The van der Waals surface area contributed by atoms with E-state index in [1.54, 1.807) is 4.90 Å². The van der Waals surface area contributed by atoms with Crippen LogP contribution < -0.4 is 0 Å². The molecule has 1 fully saturated rings. The molecule has 1 aromatic rings. The van der Waals surface area contributed by atoms with Crippen LogP contribution in [0.3, 0.4) is 0 Å². The Morgan fingerprint density at radius 1 is 1.30 bits per heavy atom. The number of carbonyl (C=O) groups excluding carboxylic acids is 2. The third-order valence-corrected chi connectivity index (χ3v) is 5.44. The Morgan fingerprint density at radius 3 is 2.70 bits per heavy atom. The molecule has 4 rings (SSSR count). The summed E-state index contributed by atoms with van der Waals surface area (Å²) >= 11 is 3.51. The van der Waals surface area contributed by atoms with E-state index in [4.69, 9.17) is 9.47 Å². The van der Waals surface area contributed by atoms with Crippen LogP contribution in [0.1, 0.15) is 12.0 Å². The number of carbonyl (C=O) groups is 2. The highest BCUT2D eigenvalue weighted by Gasteiger charge is 2.54. The highest BCUT2D eigenvalue weighted by Crippen LogP contribution is 2.44. The first-order chi connectivity index (χ1) is 11.0. The summed E-state index contributed by atoms with van der Waals surface area (Å²) in [5, 5.41) is 0. The zero-order chi connectivity index (χ0) is 16.4. The second kappa shape index (κ2) is 6.35. The van der Waals surface area contributed by atoms with Gasteiger partial charge in [-0.25, -0.2) is 4.79 Å². The van der Waals surface area contributed by atoms with Gasteiger partial charge in [-0.15, -0.1) is 0 Å². The van der Waals surface area contributed by atoms with E-state index in [-0.39, 0.29) is 18.5 Å². The Morgan fingerprint density at radius 2 is 2.04 bits per heavy atom. The van der Waals surface area contributed by atoms with Gasteiger partial charge in [0, 0.05) is 6.54 Å². The van der Waals surface area contributed by atoms with Gasteiger partial charge in [0.15, 0.2) is 0 Å². The van der Waals surface area contributed by atoms with Crippen LogP contribution in [-0.4, -0.2) is 41.0 Å². The van der Waals surface area contributed by atoms with Crippen molar-refractivity contribution in [3.8, 4) is 0 Å². The number of fused-ring (bicyclic) bond motifs is 2. The summed E-state index contributed by atoms with van der Waals surface area (Å²) in [5.41, 5.74) is 0.927. The maximum atomic E-state index is 12.5. The van der Waals surface area contributed by atoms with Crippen LogP contribution in [-0.2, 0) is 20.9 Å². The molecule has 3 unspecified atom stereocenters. The standard InChI is InChI=1S/C17H18BrNO4/c1-22-15(20)17(18)9-13-7-8-14(17)19(10-13)16(21)23-11-12-5-3-2-4-6-12/h2-8,13-14H,9-11H2,1H3. The molecular formula is C17H18BrNO4. The molecule has 2 aliphatic heterocycles. The Hall–Kier alpha value is -1.82. The van der Waals surface area contributed by atoms with Gasteiger partial charge in [-0.2, -0.15) is 0 Å². The van der Waals surface area contributed by atoms with Crippen LogP contribution in [0, 0.1) is 5.92 Å². The molecule has 2 bridgehead atoms. The second-order valence-corrected chi connectivity index (χ2v) is 7.26. The lowest BCUT2D eigenvalue weighted by Crippen LogP contribution is -2.62. The largest absolute Gasteiger partial charge is 0.468 e. The van der Waals surface area contributed by atoms with Gasteiger partial charge in [0.2, 0.25) is 0 Å². The van der Waals surface area contributed by atoms with Crippen molar-refractivity contribution in [2.24, 2.45) is 5.92 Å². The Labute approximate surface area is 143 Å². The number of esters is 1. The number of alkyl halides is 1. The zero-order valence-electron chi connectivity index (χ0n) is 12.8. The quantitative estimate of drug-likeness (QED) is 0.460. The van der Waals surface area contributed by atoms with Gasteiger partial charge >= 0.3 is 12.1 Å². The van der Waals surface area contributed by atoms with E-state index < -0.39 is 16.5 Å². The minimum Gasteiger partial charge on any atom is -0.468 e. The SMILES string of the molecule is COC(=O)C1(Br)CC2C=CC1N(C(=O)OCc1ccccc1)C2. The first kappa shape index (κ1) is 16.1. The molecule has 6 heteroatoms. The molecule has 0 aromatic heterocycles. The van der Waals surface area contributed by atoms with Crippen LogP contribution in [0.4, 0.5) is 4.79 Å². The lowest BCUT2D eigenvalue weighted by atomic mass is 9.77. The van der Waals surface area contributed by atoms with Crippen molar-refractivity contribution in [1.82, 2.24) is 4.90 Å². The normalized spacial score (nSPS) is 28.5. The monoisotopic (exact) mass is 379 g/mol. The van der Waals surface area contributed by atoms with Gasteiger partial charge in [0.1, 0.15) is 10.9 Å². The van der Waals surface area contributed by atoms with Crippen molar-refractivity contribution in [2.45, 2.75) is 23.4 Å². The molecule has 122 valence electrons. The van der Waals surface area contributed by atoms with E-state index in [0.717, 1.165) is 5.56 Å². The Bertz CT molecular complexity index is 633. The van der Waals surface area contributed by atoms with Crippen LogP contribution in [0.5, 0.6) is 0 Å². The van der Waals surface area contributed by atoms with Crippen LogP contribution in [0.15, 0.2) is 42.5 Å². The third kappa shape index (κ3) is 3.00. The van der Waals surface area contributed by atoms with Crippen molar-refractivity contribution in [1.29, 1.82) is 0 Å². The van der Waals surface area contributed by atoms with E-state index in [2.05, 4.69) is 15.9 Å². The number of piperidine rings is 1. The predicted octanol–water partition coefficient (Wildman–Crippen LogP) is 2.89. The minimum atomic E-state index is -0.898. The average Bonchev–Trinajstić information content (AvgIpc) is 2.60. The van der Waals surface area contributed by atoms with Crippen molar-refractivity contribution in [3.63, 3.8) is 0 Å². The molecule has 3 aliphatic rings. The molecule has 0 radical (unpaired) electrons. The van der Waals surface area contributed by atoms with Crippen LogP contribution in [0.25, 0.3) is 0 Å². The minimum absolute atomic E-state index is 0.114. The van der Waals surface area contributed by atoms with Crippen molar-refractivity contribution < 1.29 is 19.1 Å².